The van der Waals surface area contributed by atoms with Crippen LogP contribution in [0, 0.1) is 0 Å². The first-order valence-electron chi connectivity index (χ1n) is 6.40. The quantitative estimate of drug-likeness (QED) is 0.615. The Morgan fingerprint density at radius 3 is 2.29 bits per heavy atom. The van der Waals surface area contributed by atoms with E-state index in [1.54, 1.807) is 7.11 Å². The summed E-state index contributed by atoms with van der Waals surface area (Å²) >= 11 is 0. The number of likely N-dealkylation sites (N-methyl/N-ethyl adjacent to an activating group) is 1. The van der Waals surface area contributed by atoms with E-state index < -0.39 is 0 Å². The van der Waals surface area contributed by atoms with Crippen molar-refractivity contribution in [2.75, 3.05) is 33.4 Å². The Balaban J connectivity index is 4.07. The molecule has 0 aromatic heterocycles. The molecule has 0 heterocycles. The molecule has 0 saturated carbocycles. The van der Waals surface area contributed by atoms with Crippen LogP contribution in [0.1, 0.15) is 40.5 Å². The fourth-order valence-electron chi connectivity index (χ4n) is 1.48. The molecule has 0 bridgehead atoms. The van der Waals surface area contributed by atoms with E-state index in [0.717, 1.165) is 19.5 Å². The van der Waals surface area contributed by atoms with Crippen molar-refractivity contribution in [2.24, 2.45) is 0 Å². The molecule has 2 N–H and O–H groups in total. The van der Waals surface area contributed by atoms with Crippen LogP contribution in [0.2, 0.25) is 0 Å². The maximum atomic E-state index is 9.07. The van der Waals surface area contributed by atoms with Crippen molar-refractivity contribution in [3.8, 4) is 0 Å². The van der Waals surface area contributed by atoms with Gasteiger partial charge in [-0.2, -0.15) is 0 Å². The van der Waals surface area contributed by atoms with Crippen LogP contribution >= 0.6 is 0 Å². The average molecular weight is 247 g/mol. The van der Waals surface area contributed by atoms with E-state index in [-0.39, 0.29) is 17.8 Å². The first kappa shape index (κ1) is 16.8. The third-order valence-electron chi connectivity index (χ3n) is 3.10. The van der Waals surface area contributed by atoms with Gasteiger partial charge in [-0.05, 0) is 33.7 Å². The van der Waals surface area contributed by atoms with Gasteiger partial charge in [-0.25, -0.2) is 0 Å². The molecule has 4 heteroatoms. The van der Waals surface area contributed by atoms with Gasteiger partial charge in [0.1, 0.15) is 0 Å². The monoisotopic (exact) mass is 247 g/mol. The SMILES string of the molecule is CCNCC(C)(CCO)OCCC(C)(C)OC. The molecule has 4 nitrogen and oxygen atoms in total. The summed E-state index contributed by atoms with van der Waals surface area (Å²) in [5.41, 5.74) is -0.451. The lowest BCUT2D eigenvalue weighted by molar-refractivity contribution is -0.0735. The third kappa shape index (κ3) is 7.71. The highest BCUT2D eigenvalue weighted by Crippen LogP contribution is 2.18. The van der Waals surface area contributed by atoms with Crippen LogP contribution in [0.25, 0.3) is 0 Å². The first-order valence-corrected chi connectivity index (χ1v) is 6.40. The van der Waals surface area contributed by atoms with Gasteiger partial charge in [0.15, 0.2) is 0 Å². The summed E-state index contributed by atoms with van der Waals surface area (Å²) in [4.78, 5) is 0. The molecule has 0 spiro atoms. The van der Waals surface area contributed by atoms with Crippen LogP contribution in [0.4, 0.5) is 0 Å². The smallest absolute Gasteiger partial charge is 0.0800 e. The summed E-state index contributed by atoms with van der Waals surface area (Å²) in [5.74, 6) is 0. The molecule has 0 saturated heterocycles. The molecule has 1 unspecified atom stereocenters. The molecule has 0 amide bonds. The van der Waals surface area contributed by atoms with Crippen molar-refractivity contribution in [1.82, 2.24) is 5.32 Å². The van der Waals surface area contributed by atoms with Gasteiger partial charge < -0.3 is 19.9 Å². The van der Waals surface area contributed by atoms with Gasteiger partial charge in [0.2, 0.25) is 0 Å². The topological polar surface area (TPSA) is 50.7 Å². The van der Waals surface area contributed by atoms with E-state index in [4.69, 9.17) is 14.6 Å². The molecule has 0 fully saturated rings. The molecule has 0 aliphatic heterocycles. The number of nitrogens with one attached hydrogen (secondary N) is 1. The summed E-state index contributed by atoms with van der Waals surface area (Å²) in [7, 11) is 1.71. The number of ether oxygens (including phenoxy) is 2. The minimum atomic E-state index is -0.297. The van der Waals surface area contributed by atoms with Crippen molar-refractivity contribution in [3.05, 3.63) is 0 Å². The number of aliphatic hydroxyl groups excluding tert-OH is 1. The van der Waals surface area contributed by atoms with E-state index in [2.05, 4.69) is 12.2 Å². The zero-order valence-corrected chi connectivity index (χ0v) is 12.0. The molecule has 104 valence electrons. The predicted molar refractivity (Wildman–Crippen MR) is 70.3 cm³/mol. The van der Waals surface area contributed by atoms with Gasteiger partial charge in [-0.3, -0.25) is 0 Å². The summed E-state index contributed by atoms with van der Waals surface area (Å²) in [6.45, 7) is 10.6. The molecule has 1 atom stereocenters. The van der Waals surface area contributed by atoms with Gasteiger partial charge in [-0.1, -0.05) is 6.92 Å². The van der Waals surface area contributed by atoms with Crippen LogP contribution in [-0.2, 0) is 9.47 Å². The summed E-state index contributed by atoms with van der Waals surface area (Å²) < 4.78 is 11.3. The van der Waals surface area contributed by atoms with Crippen LogP contribution in [0.15, 0.2) is 0 Å². The summed E-state index contributed by atoms with van der Waals surface area (Å²) in [5, 5.41) is 12.3. The number of rotatable bonds is 10. The maximum Gasteiger partial charge on any atom is 0.0800 e. The average Bonchev–Trinajstić information content (AvgIpc) is 2.27. The second kappa shape index (κ2) is 8.03. The fourth-order valence-corrected chi connectivity index (χ4v) is 1.48. The predicted octanol–water partition coefficient (Wildman–Crippen LogP) is 1.57. The van der Waals surface area contributed by atoms with E-state index in [1.165, 1.54) is 0 Å². The van der Waals surface area contributed by atoms with Crippen molar-refractivity contribution < 1.29 is 14.6 Å². The second-order valence-corrected chi connectivity index (χ2v) is 5.27. The lowest BCUT2D eigenvalue weighted by Crippen LogP contribution is -2.42. The fraction of sp³-hybridized carbons (Fsp3) is 1.00. The minimum Gasteiger partial charge on any atom is -0.396 e. The normalized spacial score (nSPS) is 15.9. The third-order valence-corrected chi connectivity index (χ3v) is 3.10. The highest BCUT2D eigenvalue weighted by molar-refractivity contribution is 4.78. The Morgan fingerprint density at radius 2 is 1.82 bits per heavy atom. The molecule has 0 aliphatic carbocycles. The van der Waals surface area contributed by atoms with Gasteiger partial charge in [-0.15, -0.1) is 0 Å². The van der Waals surface area contributed by atoms with E-state index >= 15 is 0 Å². The highest BCUT2D eigenvalue weighted by atomic mass is 16.5. The Kier molecular flexibility index (Phi) is 7.96. The standard InChI is InChI=1S/C13H29NO3/c1-6-14-11-13(4,7-9-15)17-10-8-12(2,3)16-5/h14-15H,6-11H2,1-5H3. The Morgan fingerprint density at radius 1 is 1.18 bits per heavy atom. The van der Waals surface area contributed by atoms with Gasteiger partial charge >= 0.3 is 0 Å². The zero-order chi connectivity index (χ0) is 13.4. The van der Waals surface area contributed by atoms with Crippen molar-refractivity contribution in [3.63, 3.8) is 0 Å². The maximum absolute atomic E-state index is 9.07. The zero-order valence-electron chi connectivity index (χ0n) is 12.0. The van der Waals surface area contributed by atoms with Crippen molar-refractivity contribution in [1.29, 1.82) is 0 Å². The largest absolute Gasteiger partial charge is 0.396 e. The molecular weight excluding hydrogens is 218 g/mol. The number of methoxy groups -OCH3 is 1. The second-order valence-electron chi connectivity index (χ2n) is 5.27. The molecule has 0 rings (SSSR count). The lowest BCUT2D eigenvalue weighted by Gasteiger charge is -2.31. The van der Waals surface area contributed by atoms with Crippen LogP contribution in [0.5, 0.6) is 0 Å². The molecule has 0 radical (unpaired) electrons. The molecular formula is C13H29NO3. The number of hydrogen-bond donors (Lipinski definition) is 2. The van der Waals surface area contributed by atoms with Gasteiger partial charge in [0, 0.05) is 26.7 Å². The van der Waals surface area contributed by atoms with Crippen LogP contribution in [0.3, 0.4) is 0 Å². The van der Waals surface area contributed by atoms with Crippen molar-refractivity contribution >= 4 is 0 Å². The summed E-state index contributed by atoms with van der Waals surface area (Å²) in [6.07, 6.45) is 1.49. The molecule has 0 aromatic carbocycles. The van der Waals surface area contributed by atoms with Gasteiger partial charge in [0.25, 0.3) is 0 Å². The van der Waals surface area contributed by atoms with E-state index in [0.29, 0.717) is 13.0 Å². The summed E-state index contributed by atoms with van der Waals surface area (Å²) in [6, 6.07) is 0. The first-order chi connectivity index (χ1) is 7.89. The molecule has 17 heavy (non-hydrogen) atoms. The Hall–Kier alpha value is -0.160. The Bertz CT molecular complexity index is 197. The number of hydrogen-bond acceptors (Lipinski definition) is 4. The minimum absolute atomic E-state index is 0.148. The number of aliphatic hydroxyl groups is 1. The van der Waals surface area contributed by atoms with E-state index in [1.807, 2.05) is 20.8 Å². The highest BCUT2D eigenvalue weighted by Gasteiger charge is 2.25. The Labute approximate surface area is 106 Å². The lowest BCUT2D eigenvalue weighted by atomic mass is 10.0. The molecule has 0 aromatic rings. The van der Waals surface area contributed by atoms with Crippen molar-refractivity contribution in [2.45, 2.75) is 51.7 Å². The van der Waals surface area contributed by atoms with Gasteiger partial charge in [0.05, 0.1) is 17.8 Å². The molecule has 0 aliphatic rings. The van der Waals surface area contributed by atoms with E-state index in [9.17, 15) is 0 Å². The van der Waals surface area contributed by atoms with Crippen LogP contribution < -0.4 is 5.32 Å². The van der Waals surface area contributed by atoms with Crippen LogP contribution in [-0.4, -0.2) is 49.7 Å².